The Morgan fingerprint density at radius 2 is 1.86 bits per heavy atom. The first kappa shape index (κ1) is 15.9. The van der Waals surface area contributed by atoms with E-state index in [1.807, 2.05) is 40.1 Å². The Morgan fingerprint density at radius 1 is 1.24 bits per heavy atom. The van der Waals surface area contributed by atoms with Crippen LogP contribution in [0.25, 0.3) is 0 Å². The first-order valence-electron chi connectivity index (χ1n) is 6.87. The van der Waals surface area contributed by atoms with Gasteiger partial charge in [0, 0.05) is 12.1 Å². The first-order valence-corrected chi connectivity index (χ1v) is 7.67. The number of likely N-dealkylation sites (N-methyl/N-ethyl adjacent to an activating group) is 1. The largest absolute Gasteiger partial charge is 0.308 e. The molecule has 0 bridgehead atoms. The molecular weight excluding hydrogens is 330 g/mol. The Balaban J connectivity index is 2.36. The van der Waals surface area contributed by atoms with Crippen LogP contribution in [0.15, 0.2) is 28.9 Å². The van der Waals surface area contributed by atoms with E-state index in [1.165, 1.54) is 0 Å². The molecule has 0 saturated carbocycles. The standard InChI is InChI=1S/C16H20BrN3O/c1-11-7-12(2)9-13(8-11)16(21)15-14(17)10-18-20(15)6-5-19(3)4/h7-10H,5-6H2,1-4H3. The molecule has 21 heavy (non-hydrogen) atoms. The third-order valence-corrected chi connectivity index (χ3v) is 3.83. The van der Waals surface area contributed by atoms with E-state index in [-0.39, 0.29) is 5.78 Å². The van der Waals surface area contributed by atoms with Gasteiger partial charge in [0.25, 0.3) is 0 Å². The van der Waals surface area contributed by atoms with E-state index in [0.29, 0.717) is 17.8 Å². The fraction of sp³-hybridized carbons (Fsp3) is 0.375. The van der Waals surface area contributed by atoms with Gasteiger partial charge < -0.3 is 4.90 Å². The number of hydrogen-bond donors (Lipinski definition) is 0. The second kappa shape index (κ2) is 6.54. The van der Waals surface area contributed by atoms with Crippen LogP contribution >= 0.6 is 15.9 Å². The summed E-state index contributed by atoms with van der Waals surface area (Å²) in [6, 6.07) is 5.91. The summed E-state index contributed by atoms with van der Waals surface area (Å²) in [6.45, 7) is 5.52. The number of aryl methyl sites for hydroxylation is 2. The molecule has 4 nitrogen and oxygen atoms in total. The number of carbonyl (C=O) groups excluding carboxylic acids is 1. The first-order chi connectivity index (χ1) is 9.88. The Morgan fingerprint density at radius 3 is 2.43 bits per heavy atom. The van der Waals surface area contributed by atoms with Crippen molar-refractivity contribution in [2.45, 2.75) is 20.4 Å². The van der Waals surface area contributed by atoms with Crippen molar-refractivity contribution in [3.63, 3.8) is 0 Å². The number of ketones is 1. The molecule has 0 N–H and O–H groups in total. The van der Waals surface area contributed by atoms with Gasteiger partial charge in [-0.1, -0.05) is 17.2 Å². The minimum atomic E-state index is 0.00457. The van der Waals surface area contributed by atoms with Crippen LogP contribution in [0.2, 0.25) is 0 Å². The van der Waals surface area contributed by atoms with Crippen LogP contribution in [0.4, 0.5) is 0 Å². The molecule has 1 aromatic heterocycles. The van der Waals surface area contributed by atoms with E-state index >= 15 is 0 Å². The zero-order valence-corrected chi connectivity index (χ0v) is 14.4. The summed E-state index contributed by atoms with van der Waals surface area (Å²) in [7, 11) is 4.01. The van der Waals surface area contributed by atoms with E-state index in [0.717, 1.165) is 22.1 Å². The van der Waals surface area contributed by atoms with Crippen molar-refractivity contribution in [2.75, 3.05) is 20.6 Å². The average molecular weight is 350 g/mol. The van der Waals surface area contributed by atoms with Gasteiger partial charge >= 0.3 is 0 Å². The normalized spacial score (nSPS) is 11.1. The van der Waals surface area contributed by atoms with Gasteiger partial charge in [-0.2, -0.15) is 5.10 Å². The maximum absolute atomic E-state index is 12.8. The minimum absolute atomic E-state index is 0.00457. The van der Waals surface area contributed by atoms with Gasteiger partial charge in [0.1, 0.15) is 5.69 Å². The summed E-state index contributed by atoms with van der Waals surface area (Å²) in [5, 5.41) is 4.30. The lowest BCUT2D eigenvalue weighted by molar-refractivity contribution is 0.102. The zero-order valence-electron chi connectivity index (χ0n) is 12.9. The Labute approximate surface area is 133 Å². The molecule has 5 heteroatoms. The molecule has 0 spiro atoms. The molecule has 0 radical (unpaired) electrons. The molecule has 1 heterocycles. The molecule has 1 aromatic carbocycles. The van der Waals surface area contributed by atoms with Crippen molar-refractivity contribution in [1.29, 1.82) is 0 Å². The lowest BCUT2D eigenvalue weighted by Crippen LogP contribution is -2.21. The number of nitrogens with zero attached hydrogens (tertiary/aromatic N) is 3. The molecule has 0 aliphatic rings. The summed E-state index contributed by atoms with van der Waals surface area (Å²) < 4.78 is 2.51. The monoisotopic (exact) mass is 349 g/mol. The van der Waals surface area contributed by atoms with E-state index in [9.17, 15) is 4.79 Å². The van der Waals surface area contributed by atoms with E-state index in [4.69, 9.17) is 0 Å². The quantitative estimate of drug-likeness (QED) is 0.778. The lowest BCUT2D eigenvalue weighted by atomic mass is 10.0. The van der Waals surface area contributed by atoms with Crippen LogP contribution in [0.5, 0.6) is 0 Å². The van der Waals surface area contributed by atoms with Crippen molar-refractivity contribution >= 4 is 21.7 Å². The minimum Gasteiger partial charge on any atom is -0.308 e. The average Bonchev–Trinajstić information content (AvgIpc) is 2.75. The lowest BCUT2D eigenvalue weighted by Gasteiger charge is -2.12. The van der Waals surface area contributed by atoms with Crippen LogP contribution in [0.1, 0.15) is 27.2 Å². The third-order valence-electron chi connectivity index (χ3n) is 3.25. The molecule has 0 amide bonds. The van der Waals surface area contributed by atoms with Crippen LogP contribution in [0.3, 0.4) is 0 Å². The molecule has 0 unspecified atom stereocenters. The number of rotatable bonds is 5. The molecule has 2 aromatic rings. The van der Waals surface area contributed by atoms with Crippen molar-refractivity contribution in [2.24, 2.45) is 0 Å². The summed E-state index contributed by atoms with van der Waals surface area (Å²) in [5.41, 5.74) is 3.50. The number of halogens is 1. The van der Waals surface area contributed by atoms with Gasteiger partial charge in [-0.05, 0) is 56.0 Å². The van der Waals surface area contributed by atoms with Crippen LogP contribution < -0.4 is 0 Å². The summed E-state index contributed by atoms with van der Waals surface area (Å²) >= 11 is 3.44. The van der Waals surface area contributed by atoms with Gasteiger partial charge in [-0.15, -0.1) is 0 Å². The van der Waals surface area contributed by atoms with E-state index in [2.05, 4.69) is 32.0 Å². The van der Waals surface area contributed by atoms with Gasteiger partial charge in [-0.25, -0.2) is 0 Å². The maximum atomic E-state index is 12.8. The van der Waals surface area contributed by atoms with Gasteiger partial charge in [0.05, 0.1) is 17.2 Å². The molecule has 0 aliphatic heterocycles. The van der Waals surface area contributed by atoms with Crippen LogP contribution in [-0.4, -0.2) is 41.1 Å². The third kappa shape index (κ3) is 3.80. The fourth-order valence-electron chi connectivity index (χ4n) is 2.29. The highest BCUT2D eigenvalue weighted by molar-refractivity contribution is 9.10. The SMILES string of the molecule is Cc1cc(C)cc(C(=O)c2c(Br)cnn2CCN(C)C)c1. The molecule has 112 valence electrons. The highest BCUT2D eigenvalue weighted by Crippen LogP contribution is 2.21. The highest BCUT2D eigenvalue weighted by atomic mass is 79.9. The Hall–Kier alpha value is -1.46. The number of aromatic nitrogens is 2. The Bertz CT molecular complexity index is 641. The molecule has 0 aliphatic carbocycles. The molecule has 0 atom stereocenters. The van der Waals surface area contributed by atoms with Gasteiger partial charge in [0.2, 0.25) is 5.78 Å². The van der Waals surface area contributed by atoms with Crippen molar-refractivity contribution in [1.82, 2.24) is 14.7 Å². The topological polar surface area (TPSA) is 38.1 Å². The molecule has 0 fully saturated rings. The molecule has 0 saturated heterocycles. The van der Waals surface area contributed by atoms with E-state index in [1.54, 1.807) is 10.9 Å². The smallest absolute Gasteiger partial charge is 0.212 e. The van der Waals surface area contributed by atoms with Crippen molar-refractivity contribution < 1.29 is 4.79 Å². The number of benzene rings is 1. The van der Waals surface area contributed by atoms with Gasteiger partial charge in [0.15, 0.2) is 0 Å². The Kier molecular flexibility index (Phi) is 4.96. The van der Waals surface area contributed by atoms with Crippen molar-refractivity contribution in [3.05, 3.63) is 51.3 Å². The van der Waals surface area contributed by atoms with Gasteiger partial charge in [-0.3, -0.25) is 9.48 Å². The fourth-order valence-corrected chi connectivity index (χ4v) is 2.77. The maximum Gasteiger partial charge on any atom is 0.212 e. The predicted octanol–water partition coefficient (Wildman–Crippen LogP) is 3.06. The molecule has 2 rings (SSSR count). The number of carbonyl (C=O) groups is 1. The zero-order chi connectivity index (χ0) is 15.6. The second-order valence-corrected chi connectivity index (χ2v) is 6.43. The van der Waals surface area contributed by atoms with E-state index < -0.39 is 0 Å². The number of hydrogen-bond acceptors (Lipinski definition) is 3. The summed E-state index contributed by atoms with van der Waals surface area (Å²) in [6.07, 6.45) is 1.69. The summed E-state index contributed by atoms with van der Waals surface area (Å²) in [4.78, 5) is 14.9. The summed E-state index contributed by atoms with van der Waals surface area (Å²) in [5.74, 6) is 0.00457. The van der Waals surface area contributed by atoms with Crippen LogP contribution in [-0.2, 0) is 6.54 Å². The molecular formula is C16H20BrN3O. The van der Waals surface area contributed by atoms with Crippen molar-refractivity contribution in [3.8, 4) is 0 Å². The van der Waals surface area contributed by atoms with Crippen LogP contribution in [0, 0.1) is 13.8 Å². The second-order valence-electron chi connectivity index (χ2n) is 5.57. The predicted molar refractivity (Wildman–Crippen MR) is 87.8 cm³/mol. The highest BCUT2D eigenvalue weighted by Gasteiger charge is 2.19.